The molecule has 2 saturated carbocycles. The van der Waals surface area contributed by atoms with Gasteiger partial charge < -0.3 is 0 Å². The quantitative estimate of drug-likeness (QED) is 0.570. The second-order valence-corrected chi connectivity index (χ2v) is 6.36. The summed E-state index contributed by atoms with van der Waals surface area (Å²) < 4.78 is 0. The van der Waals surface area contributed by atoms with Crippen LogP contribution in [0.1, 0.15) is 65.7 Å². The van der Waals surface area contributed by atoms with E-state index in [2.05, 4.69) is 20.8 Å². The van der Waals surface area contributed by atoms with Crippen LogP contribution in [-0.2, 0) is 0 Å². The van der Waals surface area contributed by atoms with E-state index in [0.29, 0.717) is 5.41 Å². The highest BCUT2D eigenvalue weighted by Crippen LogP contribution is 2.52. The van der Waals surface area contributed by atoms with Crippen molar-refractivity contribution in [2.45, 2.75) is 65.7 Å². The Kier molecular flexibility index (Phi) is 2.91. The van der Waals surface area contributed by atoms with E-state index in [4.69, 9.17) is 0 Å². The highest BCUT2D eigenvalue weighted by Gasteiger charge is 2.41. The molecule has 0 N–H and O–H groups in total. The molecule has 0 heteroatoms. The van der Waals surface area contributed by atoms with Gasteiger partial charge in [-0.3, -0.25) is 0 Å². The van der Waals surface area contributed by atoms with Gasteiger partial charge in [-0.25, -0.2) is 0 Å². The third-order valence-corrected chi connectivity index (χ3v) is 5.01. The van der Waals surface area contributed by atoms with Crippen molar-refractivity contribution >= 4 is 0 Å². The second kappa shape index (κ2) is 3.87. The first-order chi connectivity index (χ1) is 6.63. The van der Waals surface area contributed by atoms with Gasteiger partial charge in [0.1, 0.15) is 0 Å². The molecule has 0 amide bonds. The standard InChI is InChI=1S/C14H26/c1-4-14(3)9-12-7-5-6-11(2)8-13(12)10-14/h11-13H,4-10H2,1-3H3. The first kappa shape index (κ1) is 10.5. The van der Waals surface area contributed by atoms with Crippen LogP contribution in [0.2, 0.25) is 0 Å². The lowest BCUT2D eigenvalue weighted by Crippen LogP contribution is -2.10. The van der Waals surface area contributed by atoms with Crippen LogP contribution in [0.25, 0.3) is 0 Å². The molecule has 14 heavy (non-hydrogen) atoms. The van der Waals surface area contributed by atoms with Crippen LogP contribution in [0.15, 0.2) is 0 Å². The largest absolute Gasteiger partial charge is 0.0649 e. The molecule has 0 bridgehead atoms. The zero-order valence-corrected chi connectivity index (χ0v) is 10.2. The molecule has 2 fully saturated rings. The predicted octanol–water partition coefficient (Wildman–Crippen LogP) is 4.64. The summed E-state index contributed by atoms with van der Waals surface area (Å²) in [6, 6.07) is 0. The minimum absolute atomic E-state index is 0.701. The van der Waals surface area contributed by atoms with Gasteiger partial charge in [0.25, 0.3) is 0 Å². The van der Waals surface area contributed by atoms with Gasteiger partial charge in [0.2, 0.25) is 0 Å². The van der Waals surface area contributed by atoms with E-state index in [1.807, 2.05) is 0 Å². The van der Waals surface area contributed by atoms with Crippen molar-refractivity contribution in [2.75, 3.05) is 0 Å². The van der Waals surface area contributed by atoms with Gasteiger partial charge in [-0.1, -0.05) is 46.5 Å². The molecular formula is C14H26. The van der Waals surface area contributed by atoms with E-state index in [1.165, 1.54) is 44.9 Å². The fraction of sp³-hybridized carbons (Fsp3) is 1.00. The molecule has 0 aromatic carbocycles. The van der Waals surface area contributed by atoms with Crippen molar-refractivity contribution in [2.24, 2.45) is 23.2 Å². The average molecular weight is 194 g/mol. The van der Waals surface area contributed by atoms with E-state index in [1.54, 1.807) is 0 Å². The molecule has 0 heterocycles. The first-order valence-corrected chi connectivity index (χ1v) is 6.63. The molecule has 2 aliphatic rings. The Labute approximate surface area is 89.5 Å². The van der Waals surface area contributed by atoms with Gasteiger partial charge in [0.15, 0.2) is 0 Å². The Balaban J connectivity index is 2.03. The van der Waals surface area contributed by atoms with Crippen molar-refractivity contribution in [1.29, 1.82) is 0 Å². The maximum absolute atomic E-state index is 2.52. The molecule has 4 unspecified atom stereocenters. The molecule has 82 valence electrons. The summed E-state index contributed by atoms with van der Waals surface area (Å²) in [6.07, 6.45) is 10.5. The van der Waals surface area contributed by atoms with Gasteiger partial charge in [0.05, 0.1) is 0 Å². The summed E-state index contributed by atoms with van der Waals surface area (Å²) in [5, 5.41) is 0. The SMILES string of the molecule is CCC1(C)CC2CCCC(C)CC2C1. The Morgan fingerprint density at radius 3 is 2.57 bits per heavy atom. The van der Waals surface area contributed by atoms with E-state index in [-0.39, 0.29) is 0 Å². The van der Waals surface area contributed by atoms with E-state index in [9.17, 15) is 0 Å². The Bertz CT molecular complexity index is 196. The number of fused-ring (bicyclic) bond motifs is 1. The highest BCUT2D eigenvalue weighted by atomic mass is 14.5. The molecule has 2 aliphatic carbocycles. The van der Waals surface area contributed by atoms with Crippen molar-refractivity contribution in [3.8, 4) is 0 Å². The van der Waals surface area contributed by atoms with Crippen LogP contribution in [0.4, 0.5) is 0 Å². The van der Waals surface area contributed by atoms with Crippen LogP contribution in [0, 0.1) is 23.2 Å². The molecule has 4 atom stereocenters. The molecule has 0 saturated heterocycles. The van der Waals surface area contributed by atoms with Crippen molar-refractivity contribution < 1.29 is 0 Å². The summed E-state index contributed by atoms with van der Waals surface area (Å²) in [7, 11) is 0. The van der Waals surface area contributed by atoms with E-state index < -0.39 is 0 Å². The maximum Gasteiger partial charge on any atom is -0.0323 e. The van der Waals surface area contributed by atoms with Gasteiger partial charge >= 0.3 is 0 Å². The average Bonchev–Trinajstić information content (AvgIpc) is 2.35. The Morgan fingerprint density at radius 1 is 1.14 bits per heavy atom. The minimum Gasteiger partial charge on any atom is -0.0649 e. The van der Waals surface area contributed by atoms with Crippen LogP contribution in [0.3, 0.4) is 0 Å². The summed E-state index contributed by atoms with van der Waals surface area (Å²) in [4.78, 5) is 0. The second-order valence-electron chi connectivity index (χ2n) is 6.36. The molecule has 0 nitrogen and oxygen atoms in total. The van der Waals surface area contributed by atoms with Gasteiger partial charge in [-0.05, 0) is 42.4 Å². The third kappa shape index (κ3) is 1.99. The number of hydrogen-bond donors (Lipinski definition) is 0. The molecule has 0 aromatic heterocycles. The van der Waals surface area contributed by atoms with E-state index in [0.717, 1.165) is 17.8 Å². The Hall–Kier alpha value is 0. The normalized spacial score (nSPS) is 48.6. The summed E-state index contributed by atoms with van der Waals surface area (Å²) >= 11 is 0. The summed E-state index contributed by atoms with van der Waals surface area (Å²) in [5.41, 5.74) is 0.701. The first-order valence-electron chi connectivity index (χ1n) is 6.63. The van der Waals surface area contributed by atoms with Crippen molar-refractivity contribution in [3.05, 3.63) is 0 Å². The lowest BCUT2D eigenvalue weighted by molar-refractivity contribution is 0.290. The Morgan fingerprint density at radius 2 is 1.86 bits per heavy atom. The zero-order valence-electron chi connectivity index (χ0n) is 10.2. The predicted molar refractivity (Wildman–Crippen MR) is 62.2 cm³/mol. The third-order valence-electron chi connectivity index (χ3n) is 5.01. The molecule has 2 rings (SSSR count). The maximum atomic E-state index is 2.52. The van der Waals surface area contributed by atoms with Crippen LogP contribution >= 0.6 is 0 Å². The molecule has 0 aromatic rings. The monoisotopic (exact) mass is 194 g/mol. The fourth-order valence-electron chi connectivity index (χ4n) is 3.95. The summed E-state index contributed by atoms with van der Waals surface area (Å²) in [6.45, 7) is 7.37. The number of rotatable bonds is 1. The lowest BCUT2D eigenvalue weighted by Gasteiger charge is -2.22. The number of hydrogen-bond acceptors (Lipinski definition) is 0. The molecular weight excluding hydrogens is 168 g/mol. The van der Waals surface area contributed by atoms with Crippen molar-refractivity contribution in [1.82, 2.24) is 0 Å². The van der Waals surface area contributed by atoms with E-state index >= 15 is 0 Å². The molecule has 0 aliphatic heterocycles. The van der Waals surface area contributed by atoms with Gasteiger partial charge in [-0.15, -0.1) is 0 Å². The zero-order chi connectivity index (χ0) is 10.2. The molecule has 0 radical (unpaired) electrons. The van der Waals surface area contributed by atoms with Crippen molar-refractivity contribution in [3.63, 3.8) is 0 Å². The van der Waals surface area contributed by atoms with Gasteiger partial charge in [-0.2, -0.15) is 0 Å². The van der Waals surface area contributed by atoms with Gasteiger partial charge in [0, 0.05) is 0 Å². The van der Waals surface area contributed by atoms with Crippen LogP contribution in [0.5, 0.6) is 0 Å². The minimum atomic E-state index is 0.701. The topological polar surface area (TPSA) is 0 Å². The van der Waals surface area contributed by atoms with Crippen LogP contribution < -0.4 is 0 Å². The highest BCUT2D eigenvalue weighted by molar-refractivity contribution is 4.92. The fourth-order valence-corrected chi connectivity index (χ4v) is 3.95. The molecule has 0 spiro atoms. The lowest BCUT2D eigenvalue weighted by atomic mass is 9.83. The summed E-state index contributed by atoms with van der Waals surface area (Å²) in [5.74, 6) is 3.17. The van der Waals surface area contributed by atoms with Crippen LogP contribution in [-0.4, -0.2) is 0 Å². The smallest absolute Gasteiger partial charge is 0.0323 e.